The van der Waals surface area contributed by atoms with Crippen LogP contribution in [-0.4, -0.2) is 25.6 Å². The number of ether oxygens (including phenoxy) is 2. The van der Waals surface area contributed by atoms with Crippen molar-refractivity contribution in [1.29, 1.82) is 0 Å². The van der Waals surface area contributed by atoms with Crippen molar-refractivity contribution in [3.8, 4) is 16.9 Å². The number of thiophene rings is 1. The Morgan fingerprint density at radius 3 is 2.55 bits per heavy atom. The first-order valence-electron chi connectivity index (χ1n) is 6.93. The fourth-order valence-electron chi connectivity index (χ4n) is 2.03. The highest BCUT2D eigenvalue weighted by Gasteiger charge is 2.21. The van der Waals surface area contributed by atoms with Crippen LogP contribution in [0.15, 0.2) is 29.6 Å². The van der Waals surface area contributed by atoms with Gasteiger partial charge in [-0.25, -0.2) is 4.79 Å². The van der Waals surface area contributed by atoms with Crippen LogP contribution in [0.4, 0.5) is 5.00 Å². The number of carbonyl (C=O) groups excluding carboxylic acids is 2. The molecule has 5 nitrogen and oxygen atoms in total. The second-order valence-electron chi connectivity index (χ2n) is 4.29. The van der Waals surface area contributed by atoms with Gasteiger partial charge in [0.15, 0.2) is 0 Å². The zero-order chi connectivity index (χ0) is 15.9. The highest BCUT2D eigenvalue weighted by molar-refractivity contribution is 7.15. The van der Waals surface area contributed by atoms with Crippen LogP contribution in [0.3, 0.4) is 0 Å². The summed E-state index contributed by atoms with van der Waals surface area (Å²) >= 11 is 1.29. The predicted octanol–water partition coefficient (Wildman–Crippen LogP) is 3.56. The largest absolute Gasteiger partial charge is 0.494 e. The average molecular weight is 319 g/mol. The molecule has 0 aliphatic rings. The summed E-state index contributed by atoms with van der Waals surface area (Å²) in [6.45, 7) is 4.54. The van der Waals surface area contributed by atoms with Crippen molar-refractivity contribution >= 4 is 28.7 Å². The Labute approximate surface area is 132 Å². The molecule has 2 rings (SSSR count). The topological polar surface area (TPSA) is 64.6 Å². The number of rotatable bonds is 7. The van der Waals surface area contributed by atoms with E-state index < -0.39 is 5.97 Å². The zero-order valence-corrected chi connectivity index (χ0v) is 13.2. The van der Waals surface area contributed by atoms with Crippen LogP contribution in [0.2, 0.25) is 0 Å². The molecule has 0 fully saturated rings. The van der Waals surface area contributed by atoms with Crippen molar-refractivity contribution in [2.75, 3.05) is 18.5 Å². The van der Waals surface area contributed by atoms with Gasteiger partial charge in [-0.3, -0.25) is 4.79 Å². The first-order valence-corrected chi connectivity index (χ1v) is 7.81. The van der Waals surface area contributed by atoms with Gasteiger partial charge in [0.2, 0.25) is 6.41 Å². The van der Waals surface area contributed by atoms with Crippen molar-refractivity contribution in [1.82, 2.24) is 0 Å². The molecule has 1 aromatic heterocycles. The maximum atomic E-state index is 12.2. The van der Waals surface area contributed by atoms with Crippen LogP contribution in [0.25, 0.3) is 11.1 Å². The Morgan fingerprint density at radius 1 is 1.23 bits per heavy atom. The number of hydrogen-bond acceptors (Lipinski definition) is 5. The third kappa shape index (κ3) is 3.46. The third-order valence-corrected chi connectivity index (χ3v) is 3.85. The minimum Gasteiger partial charge on any atom is -0.494 e. The van der Waals surface area contributed by atoms with Crippen molar-refractivity contribution < 1.29 is 19.1 Å². The predicted molar refractivity (Wildman–Crippen MR) is 86.6 cm³/mol. The van der Waals surface area contributed by atoms with Crippen molar-refractivity contribution in [3.63, 3.8) is 0 Å². The summed E-state index contributed by atoms with van der Waals surface area (Å²) < 4.78 is 10.5. The van der Waals surface area contributed by atoms with E-state index in [1.54, 1.807) is 6.92 Å². The zero-order valence-electron chi connectivity index (χ0n) is 12.4. The molecule has 1 aromatic carbocycles. The van der Waals surface area contributed by atoms with E-state index in [2.05, 4.69) is 5.32 Å². The number of esters is 1. The highest BCUT2D eigenvalue weighted by Crippen LogP contribution is 2.36. The molecule has 0 atom stereocenters. The quantitative estimate of drug-likeness (QED) is 0.626. The molecule has 1 heterocycles. The van der Waals surface area contributed by atoms with Crippen molar-refractivity contribution in [2.24, 2.45) is 0 Å². The van der Waals surface area contributed by atoms with Crippen LogP contribution in [0, 0.1) is 0 Å². The van der Waals surface area contributed by atoms with Crippen LogP contribution >= 0.6 is 11.3 Å². The van der Waals surface area contributed by atoms with Gasteiger partial charge in [0.25, 0.3) is 0 Å². The number of nitrogens with one attached hydrogen (secondary N) is 1. The molecular formula is C16H17NO4S. The molecule has 0 radical (unpaired) electrons. The maximum Gasteiger partial charge on any atom is 0.341 e. The summed E-state index contributed by atoms with van der Waals surface area (Å²) in [5.41, 5.74) is 1.97. The Morgan fingerprint density at radius 2 is 1.95 bits per heavy atom. The molecule has 0 bridgehead atoms. The van der Waals surface area contributed by atoms with Crippen molar-refractivity contribution in [3.05, 3.63) is 35.2 Å². The maximum absolute atomic E-state index is 12.2. The SMILES string of the molecule is CCOC(=O)c1c(-c2ccc(OCC)cc2)csc1NC=O. The summed E-state index contributed by atoms with van der Waals surface area (Å²) in [6.07, 6.45) is 0.552. The average Bonchev–Trinajstić information content (AvgIpc) is 2.93. The van der Waals surface area contributed by atoms with Gasteiger partial charge in [0, 0.05) is 10.9 Å². The lowest BCUT2D eigenvalue weighted by atomic mass is 10.0. The van der Waals surface area contributed by atoms with Gasteiger partial charge in [-0.2, -0.15) is 0 Å². The number of amides is 1. The second-order valence-corrected chi connectivity index (χ2v) is 5.17. The monoisotopic (exact) mass is 319 g/mol. The second kappa shape index (κ2) is 7.61. The standard InChI is InChI=1S/C16H17NO4S/c1-3-20-12-7-5-11(6-8-12)13-9-22-15(17-10-18)14(13)16(19)21-4-2/h5-10H,3-4H2,1-2H3,(H,17,18). The van der Waals surface area contributed by atoms with Gasteiger partial charge < -0.3 is 14.8 Å². The fraction of sp³-hybridized carbons (Fsp3) is 0.250. The van der Waals surface area contributed by atoms with Crippen LogP contribution < -0.4 is 10.1 Å². The molecule has 0 saturated carbocycles. The molecule has 6 heteroatoms. The molecule has 0 unspecified atom stereocenters. The van der Waals surface area contributed by atoms with Gasteiger partial charge in [0.1, 0.15) is 16.3 Å². The van der Waals surface area contributed by atoms with E-state index in [-0.39, 0.29) is 6.61 Å². The Kier molecular flexibility index (Phi) is 5.55. The summed E-state index contributed by atoms with van der Waals surface area (Å²) in [7, 11) is 0. The normalized spacial score (nSPS) is 10.1. The lowest BCUT2D eigenvalue weighted by molar-refractivity contribution is -0.105. The molecule has 22 heavy (non-hydrogen) atoms. The van der Waals surface area contributed by atoms with Gasteiger partial charge in [-0.15, -0.1) is 11.3 Å². The molecule has 0 spiro atoms. The Bertz CT molecular complexity index is 649. The lowest BCUT2D eigenvalue weighted by Gasteiger charge is -2.08. The van der Waals surface area contributed by atoms with Gasteiger partial charge >= 0.3 is 5.97 Å². The molecule has 116 valence electrons. The van der Waals surface area contributed by atoms with E-state index in [1.165, 1.54) is 11.3 Å². The Balaban J connectivity index is 2.41. The third-order valence-electron chi connectivity index (χ3n) is 2.94. The van der Waals surface area contributed by atoms with E-state index in [0.717, 1.165) is 16.9 Å². The number of hydrogen-bond donors (Lipinski definition) is 1. The molecule has 0 aliphatic heterocycles. The van der Waals surface area contributed by atoms with Crippen LogP contribution in [0.5, 0.6) is 5.75 Å². The van der Waals surface area contributed by atoms with Gasteiger partial charge in [0.05, 0.1) is 13.2 Å². The first-order chi connectivity index (χ1) is 10.7. The van der Waals surface area contributed by atoms with E-state index in [1.807, 2.05) is 36.6 Å². The van der Waals surface area contributed by atoms with Crippen LogP contribution in [-0.2, 0) is 9.53 Å². The minimum atomic E-state index is -0.447. The summed E-state index contributed by atoms with van der Waals surface area (Å²) in [5, 5.41) is 4.86. The van der Waals surface area contributed by atoms with Gasteiger partial charge in [-0.05, 0) is 31.5 Å². The molecule has 1 N–H and O–H groups in total. The molecule has 2 aromatic rings. The number of anilines is 1. The Hall–Kier alpha value is -2.34. The van der Waals surface area contributed by atoms with E-state index in [4.69, 9.17) is 9.47 Å². The van der Waals surface area contributed by atoms with E-state index in [9.17, 15) is 9.59 Å². The van der Waals surface area contributed by atoms with E-state index in [0.29, 0.717) is 23.6 Å². The molecular weight excluding hydrogens is 302 g/mol. The smallest absolute Gasteiger partial charge is 0.341 e. The molecule has 0 saturated heterocycles. The fourth-order valence-corrected chi connectivity index (χ4v) is 2.95. The molecule has 0 aliphatic carbocycles. The summed E-state index contributed by atoms with van der Waals surface area (Å²) in [5.74, 6) is 0.322. The van der Waals surface area contributed by atoms with E-state index >= 15 is 0 Å². The lowest BCUT2D eigenvalue weighted by Crippen LogP contribution is -2.08. The van der Waals surface area contributed by atoms with Gasteiger partial charge in [-0.1, -0.05) is 12.1 Å². The first kappa shape index (κ1) is 16.0. The number of benzene rings is 1. The van der Waals surface area contributed by atoms with Crippen molar-refractivity contribution in [2.45, 2.75) is 13.8 Å². The summed E-state index contributed by atoms with van der Waals surface area (Å²) in [6, 6.07) is 7.44. The number of carbonyl (C=O) groups is 2. The van der Waals surface area contributed by atoms with Crippen LogP contribution in [0.1, 0.15) is 24.2 Å². The molecule has 1 amide bonds. The minimum absolute atomic E-state index is 0.276. The summed E-state index contributed by atoms with van der Waals surface area (Å²) in [4.78, 5) is 22.9. The highest BCUT2D eigenvalue weighted by atomic mass is 32.1.